The van der Waals surface area contributed by atoms with Crippen molar-refractivity contribution in [3.63, 3.8) is 0 Å². The zero-order valence-electron chi connectivity index (χ0n) is 30.0. The topological polar surface area (TPSA) is 125 Å². The van der Waals surface area contributed by atoms with Gasteiger partial charge in [0.15, 0.2) is 5.78 Å². The fourth-order valence-corrected chi connectivity index (χ4v) is 8.94. The second-order valence-corrected chi connectivity index (χ2v) is 15.3. The van der Waals surface area contributed by atoms with Gasteiger partial charge in [-0.05, 0) is 67.1 Å². The maximum Gasteiger partial charge on any atom is 0.235 e. The third-order valence-corrected chi connectivity index (χ3v) is 12.0. The van der Waals surface area contributed by atoms with Crippen molar-refractivity contribution >= 4 is 34.2 Å². The number of halogens is 1. The van der Waals surface area contributed by atoms with Crippen LogP contribution in [0, 0.1) is 17.1 Å². The molecule has 5 heterocycles. The Morgan fingerprint density at radius 3 is 2.46 bits per heavy atom. The molecule has 2 N–H and O–H groups in total. The van der Waals surface area contributed by atoms with Crippen LogP contribution in [0.4, 0.5) is 10.1 Å². The number of benzene rings is 2. The summed E-state index contributed by atoms with van der Waals surface area (Å²) in [6.45, 7) is 12.3. The van der Waals surface area contributed by atoms with E-state index in [1.807, 2.05) is 12.1 Å². The van der Waals surface area contributed by atoms with Crippen molar-refractivity contribution in [2.45, 2.75) is 76.8 Å². The number of aromatic amines is 1. The van der Waals surface area contributed by atoms with Gasteiger partial charge in [-0.1, -0.05) is 26.8 Å². The van der Waals surface area contributed by atoms with Crippen LogP contribution in [0.5, 0.6) is 0 Å². The fourth-order valence-electron chi connectivity index (χ4n) is 8.94. The highest BCUT2D eigenvalue weighted by Crippen LogP contribution is 2.46. The Hall–Kier alpha value is -4.92. The molecular weight excluding hydrogens is 657 g/mol. The number of anilines is 1. The molecule has 4 aromatic rings. The standard InChI is InChI=1S/C41H44FN7O3/c1-4-25-18-30-31(41(2,3)39-37(38(30)51)28-6-5-24(21-43)17-34(28)45-39)20-35(25)49-11-9-27(10-12-49)48-15-13-47(14-16-48)23-26-19-33(44-22-32(26)42)29-7-8-36(50)46-40(29)52/h5-6,17-20,22,27,29,45H,4,7-16,23H2,1-3H3,(H,46,50,52). The number of amides is 2. The zero-order valence-corrected chi connectivity index (χ0v) is 30.0. The molecule has 3 saturated heterocycles. The lowest BCUT2D eigenvalue weighted by atomic mass is 9.70. The Morgan fingerprint density at radius 1 is 0.981 bits per heavy atom. The van der Waals surface area contributed by atoms with Gasteiger partial charge < -0.3 is 9.88 Å². The van der Waals surface area contributed by atoms with Gasteiger partial charge in [0.25, 0.3) is 0 Å². The third kappa shape index (κ3) is 5.88. The molecule has 1 unspecified atom stereocenters. The number of carbonyl (C=O) groups excluding carboxylic acids is 3. The number of carbonyl (C=O) groups is 3. The molecular formula is C41H44FN7O3. The highest BCUT2D eigenvalue weighted by atomic mass is 19.1. The first kappa shape index (κ1) is 34.2. The number of hydrogen-bond acceptors (Lipinski definition) is 8. The van der Waals surface area contributed by atoms with Gasteiger partial charge in [-0.15, -0.1) is 0 Å². The molecule has 10 nitrogen and oxygen atoms in total. The van der Waals surface area contributed by atoms with E-state index in [2.05, 4.69) is 69.0 Å². The summed E-state index contributed by atoms with van der Waals surface area (Å²) in [5.74, 6) is -1.50. The Morgan fingerprint density at radius 2 is 1.75 bits per heavy atom. The molecule has 4 aliphatic rings. The maximum absolute atomic E-state index is 14.9. The quantitative estimate of drug-likeness (QED) is 0.259. The van der Waals surface area contributed by atoms with Gasteiger partial charge in [0.2, 0.25) is 11.8 Å². The Balaban J connectivity index is 0.926. The lowest BCUT2D eigenvalue weighted by Crippen LogP contribution is -2.53. The Kier molecular flexibility index (Phi) is 8.71. The van der Waals surface area contributed by atoms with Crippen LogP contribution >= 0.6 is 0 Å². The van der Waals surface area contributed by atoms with Crippen LogP contribution in [0.3, 0.4) is 0 Å². The number of nitrogens with zero attached hydrogens (tertiary/aromatic N) is 5. The van der Waals surface area contributed by atoms with Crippen LogP contribution in [-0.2, 0) is 28.0 Å². The molecule has 1 aliphatic carbocycles. The van der Waals surface area contributed by atoms with Gasteiger partial charge in [0.1, 0.15) is 5.82 Å². The van der Waals surface area contributed by atoms with Gasteiger partial charge >= 0.3 is 0 Å². The molecule has 11 heteroatoms. The van der Waals surface area contributed by atoms with E-state index in [-0.39, 0.29) is 29.8 Å². The highest BCUT2D eigenvalue weighted by molar-refractivity contribution is 6.20. The number of piperidine rings is 2. The molecule has 8 rings (SSSR count). The number of rotatable bonds is 6. The van der Waals surface area contributed by atoms with Gasteiger partial charge in [-0.2, -0.15) is 5.26 Å². The normalized spacial score (nSPS) is 21.2. The van der Waals surface area contributed by atoms with E-state index in [1.54, 1.807) is 12.1 Å². The largest absolute Gasteiger partial charge is 0.371 e. The van der Waals surface area contributed by atoms with E-state index in [0.717, 1.165) is 91.8 Å². The van der Waals surface area contributed by atoms with Gasteiger partial charge in [0.05, 0.1) is 35.0 Å². The minimum atomic E-state index is -0.532. The predicted molar refractivity (Wildman–Crippen MR) is 196 cm³/mol. The lowest BCUT2D eigenvalue weighted by Gasteiger charge is -2.44. The second-order valence-electron chi connectivity index (χ2n) is 15.3. The fraction of sp³-hybridized carbons (Fsp3) is 0.439. The average Bonchev–Trinajstić information content (AvgIpc) is 3.55. The minimum absolute atomic E-state index is 0.0424. The molecule has 3 fully saturated rings. The number of aromatic nitrogens is 2. The molecule has 0 saturated carbocycles. The third-order valence-electron chi connectivity index (χ3n) is 12.0. The number of aryl methyl sites for hydroxylation is 1. The van der Waals surface area contributed by atoms with Crippen molar-refractivity contribution in [3.8, 4) is 6.07 Å². The summed E-state index contributed by atoms with van der Waals surface area (Å²) < 4.78 is 14.9. The molecule has 0 radical (unpaired) electrons. The first-order chi connectivity index (χ1) is 25.0. The summed E-state index contributed by atoms with van der Waals surface area (Å²) in [4.78, 5) is 53.1. The van der Waals surface area contributed by atoms with Crippen LogP contribution in [0.2, 0.25) is 0 Å². The summed E-state index contributed by atoms with van der Waals surface area (Å²) in [6, 6.07) is 14.3. The van der Waals surface area contributed by atoms with Crippen LogP contribution in [0.15, 0.2) is 42.6 Å². The van der Waals surface area contributed by atoms with E-state index in [4.69, 9.17) is 0 Å². The van der Waals surface area contributed by atoms with Crippen molar-refractivity contribution in [1.82, 2.24) is 25.1 Å². The highest BCUT2D eigenvalue weighted by Gasteiger charge is 2.41. The minimum Gasteiger partial charge on any atom is -0.371 e. The molecule has 52 heavy (non-hydrogen) atoms. The van der Waals surface area contributed by atoms with Crippen molar-refractivity contribution in [2.75, 3.05) is 44.2 Å². The van der Waals surface area contributed by atoms with Crippen molar-refractivity contribution in [2.24, 2.45) is 0 Å². The van der Waals surface area contributed by atoms with Crippen LogP contribution < -0.4 is 10.2 Å². The molecule has 0 bridgehead atoms. The number of piperazine rings is 1. The van der Waals surface area contributed by atoms with E-state index in [0.29, 0.717) is 35.8 Å². The summed E-state index contributed by atoms with van der Waals surface area (Å²) in [7, 11) is 0. The molecule has 2 amide bonds. The zero-order chi connectivity index (χ0) is 36.3. The number of ketones is 1. The average molecular weight is 702 g/mol. The van der Waals surface area contributed by atoms with Crippen molar-refractivity contribution in [3.05, 3.63) is 93.2 Å². The summed E-state index contributed by atoms with van der Waals surface area (Å²) in [5, 5.41) is 12.7. The van der Waals surface area contributed by atoms with E-state index < -0.39 is 11.3 Å². The van der Waals surface area contributed by atoms with Gasteiger partial charge in [-0.25, -0.2) is 4.39 Å². The van der Waals surface area contributed by atoms with Gasteiger partial charge in [0, 0.05) is 97.1 Å². The molecule has 3 aliphatic heterocycles. The molecule has 2 aromatic carbocycles. The van der Waals surface area contributed by atoms with Crippen LogP contribution in [-0.4, -0.2) is 82.7 Å². The van der Waals surface area contributed by atoms with E-state index in [9.17, 15) is 24.0 Å². The monoisotopic (exact) mass is 701 g/mol. The summed E-state index contributed by atoms with van der Waals surface area (Å²) in [6.07, 6.45) is 4.78. The number of imide groups is 1. The van der Waals surface area contributed by atoms with Crippen molar-refractivity contribution in [1.29, 1.82) is 5.26 Å². The Bertz CT molecular complexity index is 2150. The van der Waals surface area contributed by atoms with Crippen molar-refractivity contribution < 1.29 is 18.8 Å². The van der Waals surface area contributed by atoms with Crippen LogP contribution in [0.1, 0.15) is 102 Å². The van der Waals surface area contributed by atoms with E-state index >= 15 is 0 Å². The number of fused-ring (bicyclic) bond motifs is 4. The summed E-state index contributed by atoms with van der Waals surface area (Å²) in [5.41, 5.74) is 7.86. The number of nitriles is 1. The SMILES string of the molecule is CCc1cc2c(cc1N1CCC(N3CCN(Cc4cc(C5CCC(=O)NC5=O)ncc4F)CC3)CC1)C(C)(C)c1[nH]c3cc(C#N)ccc3c1C2=O. The Labute approximate surface area is 303 Å². The van der Waals surface area contributed by atoms with Gasteiger partial charge in [-0.3, -0.25) is 34.5 Å². The lowest BCUT2D eigenvalue weighted by molar-refractivity contribution is -0.134. The number of nitrogens with one attached hydrogen (secondary N) is 2. The number of H-pyrrole nitrogens is 1. The van der Waals surface area contributed by atoms with Crippen LogP contribution in [0.25, 0.3) is 10.9 Å². The molecule has 2 aromatic heterocycles. The predicted octanol–water partition coefficient (Wildman–Crippen LogP) is 5.31. The smallest absolute Gasteiger partial charge is 0.235 e. The molecule has 268 valence electrons. The first-order valence-corrected chi connectivity index (χ1v) is 18.5. The first-order valence-electron chi connectivity index (χ1n) is 18.5. The van der Waals surface area contributed by atoms with E-state index in [1.165, 1.54) is 17.4 Å². The second kappa shape index (κ2) is 13.2. The number of hydrogen-bond donors (Lipinski definition) is 2. The molecule has 0 spiro atoms. The maximum atomic E-state index is 14.9. The molecule has 1 atom stereocenters. The summed E-state index contributed by atoms with van der Waals surface area (Å²) >= 11 is 0. The number of pyridine rings is 1.